The van der Waals surface area contributed by atoms with Crippen LogP contribution in [0.3, 0.4) is 0 Å². The molecule has 0 saturated heterocycles. The van der Waals surface area contributed by atoms with Gasteiger partial charge in [0.2, 0.25) is 0 Å². The van der Waals surface area contributed by atoms with E-state index in [1.807, 2.05) is 6.92 Å². The molecule has 3 rings (SSSR count). The quantitative estimate of drug-likeness (QED) is 0.711. The van der Waals surface area contributed by atoms with Crippen molar-refractivity contribution >= 4 is 46.1 Å². The fourth-order valence-electron chi connectivity index (χ4n) is 2.33. The van der Waals surface area contributed by atoms with Gasteiger partial charge in [0.25, 0.3) is 11.8 Å². The zero-order valence-corrected chi connectivity index (χ0v) is 15.8. The molecule has 7 heteroatoms. The van der Waals surface area contributed by atoms with E-state index >= 15 is 0 Å². The Bertz CT molecular complexity index is 936. The van der Waals surface area contributed by atoms with E-state index in [-0.39, 0.29) is 11.8 Å². The smallest absolute Gasteiger partial charge is 0.275 e. The number of anilines is 2. The summed E-state index contributed by atoms with van der Waals surface area (Å²) in [5.74, 6) is -0.399. The molecule has 132 valence electrons. The Morgan fingerprint density at radius 1 is 1.08 bits per heavy atom. The van der Waals surface area contributed by atoms with Gasteiger partial charge in [-0.25, -0.2) is 4.98 Å². The SMILES string of the molecule is Cc1nc(C(=O)Nc2ccc(N(C)C(=O)c3ccc(Cl)cc3)cc2)cs1. The van der Waals surface area contributed by atoms with E-state index in [9.17, 15) is 9.59 Å². The lowest BCUT2D eigenvalue weighted by molar-refractivity contribution is 0.0990. The molecule has 0 radical (unpaired) electrons. The van der Waals surface area contributed by atoms with Crippen LogP contribution in [0.2, 0.25) is 5.02 Å². The Kier molecular flexibility index (Phi) is 5.35. The Labute approximate surface area is 160 Å². The Morgan fingerprint density at radius 2 is 1.73 bits per heavy atom. The second-order valence-electron chi connectivity index (χ2n) is 5.62. The van der Waals surface area contributed by atoms with Crippen LogP contribution in [0.4, 0.5) is 11.4 Å². The first-order valence-electron chi connectivity index (χ1n) is 7.81. The van der Waals surface area contributed by atoms with E-state index in [1.54, 1.807) is 65.9 Å². The van der Waals surface area contributed by atoms with Crippen LogP contribution in [0.25, 0.3) is 0 Å². The number of aromatic nitrogens is 1. The minimum absolute atomic E-state index is 0.142. The van der Waals surface area contributed by atoms with Crippen molar-refractivity contribution in [3.63, 3.8) is 0 Å². The summed E-state index contributed by atoms with van der Waals surface area (Å²) < 4.78 is 0. The molecule has 2 amide bonds. The number of benzene rings is 2. The molecular formula is C19H16ClN3O2S. The van der Waals surface area contributed by atoms with Crippen molar-refractivity contribution in [1.29, 1.82) is 0 Å². The van der Waals surface area contributed by atoms with Gasteiger partial charge in [0, 0.05) is 34.4 Å². The molecule has 0 saturated carbocycles. The average molecular weight is 386 g/mol. The molecule has 3 aromatic rings. The van der Waals surface area contributed by atoms with Crippen LogP contribution in [0.1, 0.15) is 25.9 Å². The summed E-state index contributed by atoms with van der Waals surface area (Å²) in [6, 6.07) is 13.8. The largest absolute Gasteiger partial charge is 0.321 e. The number of carbonyl (C=O) groups is 2. The zero-order chi connectivity index (χ0) is 18.7. The first-order valence-corrected chi connectivity index (χ1v) is 9.07. The van der Waals surface area contributed by atoms with Gasteiger partial charge in [-0.05, 0) is 55.5 Å². The van der Waals surface area contributed by atoms with E-state index < -0.39 is 0 Å². The molecule has 0 atom stereocenters. The lowest BCUT2D eigenvalue weighted by Gasteiger charge is -2.18. The second kappa shape index (κ2) is 7.68. The monoisotopic (exact) mass is 385 g/mol. The number of rotatable bonds is 4. The standard InChI is InChI=1S/C19H16ClN3O2S/c1-12-21-17(11-26-12)18(24)22-15-7-9-16(10-8-15)23(2)19(25)13-3-5-14(20)6-4-13/h3-11H,1-2H3,(H,22,24). The predicted molar refractivity (Wildman–Crippen MR) is 105 cm³/mol. The summed E-state index contributed by atoms with van der Waals surface area (Å²) in [5.41, 5.74) is 2.30. The summed E-state index contributed by atoms with van der Waals surface area (Å²) in [4.78, 5) is 30.3. The highest BCUT2D eigenvalue weighted by atomic mass is 35.5. The zero-order valence-electron chi connectivity index (χ0n) is 14.2. The van der Waals surface area contributed by atoms with Gasteiger partial charge in [-0.3, -0.25) is 9.59 Å². The molecule has 26 heavy (non-hydrogen) atoms. The maximum absolute atomic E-state index is 12.5. The van der Waals surface area contributed by atoms with Gasteiger partial charge in [0.1, 0.15) is 5.69 Å². The molecule has 0 aliphatic heterocycles. The molecular weight excluding hydrogens is 370 g/mol. The van der Waals surface area contributed by atoms with E-state index in [2.05, 4.69) is 10.3 Å². The van der Waals surface area contributed by atoms with Gasteiger partial charge >= 0.3 is 0 Å². The fourth-order valence-corrected chi connectivity index (χ4v) is 3.05. The maximum Gasteiger partial charge on any atom is 0.275 e. The summed E-state index contributed by atoms with van der Waals surface area (Å²) in [6.45, 7) is 1.85. The van der Waals surface area contributed by atoms with E-state index in [0.717, 1.165) is 5.01 Å². The Morgan fingerprint density at radius 3 is 2.31 bits per heavy atom. The first-order chi connectivity index (χ1) is 12.4. The molecule has 0 aliphatic carbocycles. The number of aryl methyl sites for hydroxylation is 1. The normalized spacial score (nSPS) is 10.4. The van der Waals surface area contributed by atoms with Crippen LogP contribution in [0.15, 0.2) is 53.9 Å². The van der Waals surface area contributed by atoms with Gasteiger partial charge < -0.3 is 10.2 Å². The maximum atomic E-state index is 12.5. The Hall–Kier alpha value is -2.70. The molecule has 1 N–H and O–H groups in total. The molecule has 1 heterocycles. The molecule has 0 fully saturated rings. The van der Waals surface area contributed by atoms with Crippen LogP contribution in [0, 0.1) is 6.92 Å². The minimum atomic E-state index is -0.257. The van der Waals surface area contributed by atoms with Crippen LogP contribution >= 0.6 is 22.9 Å². The first kappa shape index (κ1) is 18.1. The molecule has 0 spiro atoms. The van der Waals surface area contributed by atoms with E-state index in [4.69, 9.17) is 11.6 Å². The number of amides is 2. The average Bonchev–Trinajstić information content (AvgIpc) is 3.08. The van der Waals surface area contributed by atoms with Gasteiger partial charge in [-0.15, -0.1) is 11.3 Å². The Balaban J connectivity index is 1.69. The highest BCUT2D eigenvalue weighted by Crippen LogP contribution is 2.20. The van der Waals surface area contributed by atoms with Crippen molar-refractivity contribution in [2.75, 3.05) is 17.3 Å². The van der Waals surface area contributed by atoms with Crippen molar-refractivity contribution < 1.29 is 9.59 Å². The third-order valence-corrected chi connectivity index (χ3v) is 4.79. The third-order valence-electron chi connectivity index (χ3n) is 3.76. The minimum Gasteiger partial charge on any atom is -0.321 e. The van der Waals surface area contributed by atoms with Crippen molar-refractivity contribution in [2.45, 2.75) is 6.92 Å². The van der Waals surface area contributed by atoms with Crippen molar-refractivity contribution in [3.05, 3.63) is 75.2 Å². The number of halogens is 1. The van der Waals surface area contributed by atoms with Gasteiger partial charge in [0.15, 0.2) is 0 Å². The summed E-state index contributed by atoms with van der Waals surface area (Å²) in [5, 5.41) is 5.94. The number of nitrogens with one attached hydrogen (secondary N) is 1. The number of nitrogens with zero attached hydrogens (tertiary/aromatic N) is 2. The molecule has 1 aromatic heterocycles. The molecule has 0 unspecified atom stereocenters. The molecule has 0 aliphatic rings. The van der Waals surface area contributed by atoms with E-state index in [0.29, 0.717) is 27.7 Å². The molecule has 2 aromatic carbocycles. The number of carbonyl (C=O) groups excluding carboxylic acids is 2. The van der Waals surface area contributed by atoms with Crippen LogP contribution < -0.4 is 10.2 Å². The fraction of sp³-hybridized carbons (Fsp3) is 0.105. The summed E-state index contributed by atoms with van der Waals surface area (Å²) in [7, 11) is 1.70. The number of thiazole rings is 1. The topological polar surface area (TPSA) is 62.3 Å². The number of hydrogen-bond acceptors (Lipinski definition) is 4. The molecule has 0 bridgehead atoms. The summed E-state index contributed by atoms with van der Waals surface area (Å²) in [6.07, 6.45) is 0. The van der Waals surface area contributed by atoms with E-state index in [1.165, 1.54) is 11.3 Å². The number of hydrogen-bond donors (Lipinski definition) is 1. The van der Waals surface area contributed by atoms with Gasteiger partial charge in [0.05, 0.1) is 5.01 Å². The highest BCUT2D eigenvalue weighted by molar-refractivity contribution is 7.09. The van der Waals surface area contributed by atoms with Crippen LogP contribution in [-0.2, 0) is 0 Å². The van der Waals surface area contributed by atoms with Gasteiger partial charge in [-0.1, -0.05) is 11.6 Å². The lowest BCUT2D eigenvalue weighted by Crippen LogP contribution is -2.26. The lowest BCUT2D eigenvalue weighted by atomic mass is 10.2. The summed E-state index contributed by atoms with van der Waals surface area (Å²) >= 11 is 7.28. The van der Waals surface area contributed by atoms with Crippen molar-refractivity contribution in [3.8, 4) is 0 Å². The third kappa shape index (κ3) is 4.09. The van der Waals surface area contributed by atoms with Crippen LogP contribution in [0.5, 0.6) is 0 Å². The van der Waals surface area contributed by atoms with Crippen molar-refractivity contribution in [1.82, 2.24) is 4.98 Å². The molecule has 5 nitrogen and oxygen atoms in total. The van der Waals surface area contributed by atoms with Crippen LogP contribution in [-0.4, -0.2) is 23.8 Å². The second-order valence-corrected chi connectivity index (χ2v) is 7.12. The van der Waals surface area contributed by atoms with Gasteiger partial charge in [-0.2, -0.15) is 0 Å². The van der Waals surface area contributed by atoms with Crippen molar-refractivity contribution in [2.24, 2.45) is 0 Å². The highest BCUT2D eigenvalue weighted by Gasteiger charge is 2.14. The predicted octanol–water partition coefficient (Wildman–Crippen LogP) is 4.63.